The lowest BCUT2D eigenvalue weighted by Crippen LogP contribution is -2.37. The number of hydrogen-bond donors (Lipinski definition) is 2. The SMILES string of the molecule is CC(CCCO)NS(=O)(=O)CC1CCC1. The van der Waals surface area contributed by atoms with Gasteiger partial charge in [0, 0.05) is 12.6 Å². The smallest absolute Gasteiger partial charge is 0.212 e. The Morgan fingerprint density at radius 1 is 1.47 bits per heavy atom. The van der Waals surface area contributed by atoms with E-state index in [0.29, 0.717) is 18.8 Å². The highest BCUT2D eigenvalue weighted by Gasteiger charge is 2.25. The molecular formula is C10H21NO3S. The molecule has 0 amide bonds. The summed E-state index contributed by atoms with van der Waals surface area (Å²) in [5.74, 6) is 0.642. The maximum absolute atomic E-state index is 11.6. The zero-order valence-corrected chi connectivity index (χ0v) is 10.1. The molecule has 0 spiro atoms. The third-order valence-corrected chi connectivity index (χ3v) is 4.53. The number of rotatable bonds is 7. The van der Waals surface area contributed by atoms with Crippen LogP contribution in [0.3, 0.4) is 0 Å². The largest absolute Gasteiger partial charge is 0.396 e. The summed E-state index contributed by atoms with van der Waals surface area (Å²) in [6.45, 7) is 1.96. The molecule has 90 valence electrons. The fourth-order valence-corrected chi connectivity index (χ4v) is 3.56. The van der Waals surface area contributed by atoms with Crippen LogP contribution >= 0.6 is 0 Å². The van der Waals surface area contributed by atoms with Gasteiger partial charge in [-0.15, -0.1) is 0 Å². The monoisotopic (exact) mass is 235 g/mol. The van der Waals surface area contributed by atoms with E-state index in [1.54, 1.807) is 0 Å². The van der Waals surface area contributed by atoms with Crippen molar-refractivity contribution in [3.63, 3.8) is 0 Å². The summed E-state index contributed by atoms with van der Waals surface area (Å²) in [6, 6.07) is -0.0674. The maximum Gasteiger partial charge on any atom is 0.212 e. The third-order valence-electron chi connectivity index (χ3n) is 2.86. The van der Waals surface area contributed by atoms with Gasteiger partial charge in [0.2, 0.25) is 10.0 Å². The predicted octanol–water partition coefficient (Wildman–Crippen LogP) is 0.867. The second-order valence-electron chi connectivity index (χ2n) is 4.46. The number of aliphatic hydroxyl groups is 1. The number of hydrogen-bond acceptors (Lipinski definition) is 3. The van der Waals surface area contributed by atoms with Gasteiger partial charge in [-0.25, -0.2) is 13.1 Å². The number of aliphatic hydroxyl groups excluding tert-OH is 1. The van der Waals surface area contributed by atoms with Crippen molar-refractivity contribution in [3.05, 3.63) is 0 Å². The summed E-state index contributed by atoms with van der Waals surface area (Å²) >= 11 is 0. The van der Waals surface area contributed by atoms with Crippen LogP contribution in [0.25, 0.3) is 0 Å². The summed E-state index contributed by atoms with van der Waals surface area (Å²) in [5.41, 5.74) is 0. The Kier molecular flexibility index (Phi) is 5.02. The molecule has 0 heterocycles. The first-order chi connectivity index (χ1) is 7.03. The first kappa shape index (κ1) is 12.9. The highest BCUT2D eigenvalue weighted by Crippen LogP contribution is 2.27. The highest BCUT2D eigenvalue weighted by atomic mass is 32.2. The minimum atomic E-state index is -3.10. The fourth-order valence-electron chi connectivity index (χ4n) is 1.78. The Morgan fingerprint density at radius 3 is 2.60 bits per heavy atom. The molecular weight excluding hydrogens is 214 g/mol. The Balaban J connectivity index is 2.27. The van der Waals surface area contributed by atoms with Crippen LogP contribution < -0.4 is 4.72 Å². The lowest BCUT2D eigenvalue weighted by molar-refractivity contribution is 0.279. The van der Waals surface area contributed by atoms with Gasteiger partial charge < -0.3 is 5.11 Å². The van der Waals surface area contributed by atoms with Crippen molar-refractivity contribution in [2.24, 2.45) is 5.92 Å². The number of sulfonamides is 1. The Morgan fingerprint density at radius 2 is 2.13 bits per heavy atom. The normalized spacial score (nSPS) is 19.9. The van der Waals surface area contributed by atoms with E-state index in [9.17, 15) is 8.42 Å². The topological polar surface area (TPSA) is 66.4 Å². The molecule has 1 atom stereocenters. The molecule has 1 aliphatic carbocycles. The quantitative estimate of drug-likeness (QED) is 0.688. The van der Waals surface area contributed by atoms with Gasteiger partial charge in [0.05, 0.1) is 5.75 Å². The van der Waals surface area contributed by atoms with Crippen molar-refractivity contribution in [3.8, 4) is 0 Å². The minimum absolute atomic E-state index is 0.0674. The standard InChI is InChI=1S/C10H21NO3S/c1-9(4-3-7-12)11-15(13,14)8-10-5-2-6-10/h9-12H,2-8H2,1H3. The molecule has 1 rings (SSSR count). The molecule has 0 aromatic rings. The van der Waals surface area contributed by atoms with Gasteiger partial charge in [0.1, 0.15) is 0 Å². The molecule has 0 saturated heterocycles. The summed E-state index contributed by atoms with van der Waals surface area (Å²) in [5, 5.41) is 8.63. The van der Waals surface area contributed by atoms with E-state index in [4.69, 9.17) is 5.11 Å². The zero-order chi connectivity index (χ0) is 11.3. The summed E-state index contributed by atoms with van der Waals surface area (Å²) in [6.07, 6.45) is 4.60. The average molecular weight is 235 g/mol. The molecule has 0 radical (unpaired) electrons. The van der Waals surface area contributed by atoms with E-state index in [2.05, 4.69) is 4.72 Å². The fraction of sp³-hybridized carbons (Fsp3) is 1.00. The van der Waals surface area contributed by atoms with E-state index in [-0.39, 0.29) is 18.4 Å². The summed E-state index contributed by atoms with van der Waals surface area (Å²) in [7, 11) is -3.10. The Labute approximate surface area is 92.1 Å². The molecule has 2 N–H and O–H groups in total. The molecule has 15 heavy (non-hydrogen) atoms. The molecule has 0 bridgehead atoms. The molecule has 0 aromatic heterocycles. The van der Waals surface area contributed by atoms with Gasteiger partial charge in [-0.05, 0) is 38.5 Å². The van der Waals surface area contributed by atoms with Crippen molar-refractivity contribution < 1.29 is 13.5 Å². The molecule has 1 aliphatic rings. The summed E-state index contributed by atoms with van der Waals surface area (Å²) in [4.78, 5) is 0. The van der Waals surface area contributed by atoms with Gasteiger partial charge in [-0.3, -0.25) is 0 Å². The average Bonchev–Trinajstić information content (AvgIpc) is 2.08. The first-order valence-corrected chi connectivity index (χ1v) is 7.29. The van der Waals surface area contributed by atoms with Crippen LogP contribution in [0, 0.1) is 5.92 Å². The Hall–Kier alpha value is -0.130. The van der Waals surface area contributed by atoms with E-state index < -0.39 is 10.0 Å². The van der Waals surface area contributed by atoms with Crippen molar-refractivity contribution in [2.45, 2.75) is 45.1 Å². The second-order valence-corrected chi connectivity index (χ2v) is 6.26. The van der Waals surface area contributed by atoms with E-state index in [1.807, 2.05) is 6.92 Å². The maximum atomic E-state index is 11.6. The lowest BCUT2D eigenvalue weighted by atomic mass is 9.87. The predicted molar refractivity (Wildman–Crippen MR) is 60.0 cm³/mol. The molecule has 0 aliphatic heterocycles. The summed E-state index contributed by atoms with van der Waals surface area (Å²) < 4.78 is 25.9. The van der Waals surface area contributed by atoms with Crippen LogP contribution in [-0.2, 0) is 10.0 Å². The van der Waals surface area contributed by atoms with Crippen LogP contribution in [0.4, 0.5) is 0 Å². The van der Waals surface area contributed by atoms with Crippen molar-refractivity contribution in [1.82, 2.24) is 4.72 Å². The second kappa shape index (κ2) is 5.82. The molecule has 1 saturated carbocycles. The van der Waals surface area contributed by atoms with Crippen molar-refractivity contribution >= 4 is 10.0 Å². The van der Waals surface area contributed by atoms with Crippen molar-refractivity contribution in [1.29, 1.82) is 0 Å². The van der Waals surface area contributed by atoms with E-state index in [1.165, 1.54) is 6.42 Å². The molecule has 4 nitrogen and oxygen atoms in total. The van der Waals surface area contributed by atoms with Gasteiger partial charge in [0.25, 0.3) is 0 Å². The first-order valence-electron chi connectivity index (χ1n) is 5.64. The molecule has 1 fully saturated rings. The lowest BCUT2D eigenvalue weighted by Gasteiger charge is -2.25. The molecule has 5 heteroatoms. The van der Waals surface area contributed by atoms with Gasteiger partial charge in [0.15, 0.2) is 0 Å². The highest BCUT2D eigenvalue weighted by molar-refractivity contribution is 7.89. The molecule has 1 unspecified atom stereocenters. The zero-order valence-electron chi connectivity index (χ0n) is 9.28. The molecule has 0 aromatic carbocycles. The van der Waals surface area contributed by atoms with Crippen LogP contribution in [0.15, 0.2) is 0 Å². The van der Waals surface area contributed by atoms with E-state index in [0.717, 1.165) is 12.8 Å². The van der Waals surface area contributed by atoms with Crippen LogP contribution in [0.1, 0.15) is 39.0 Å². The van der Waals surface area contributed by atoms with Gasteiger partial charge in [-0.1, -0.05) is 6.42 Å². The Bertz CT molecular complexity index is 272. The van der Waals surface area contributed by atoms with Crippen LogP contribution in [0.5, 0.6) is 0 Å². The van der Waals surface area contributed by atoms with E-state index >= 15 is 0 Å². The van der Waals surface area contributed by atoms with Crippen LogP contribution in [0.2, 0.25) is 0 Å². The number of nitrogens with one attached hydrogen (secondary N) is 1. The minimum Gasteiger partial charge on any atom is -0.396 e. The third kappa shape index (κ3) is 4.95. The van der Waals surface area contributed by atoms with Crippen LogP contribution in [-0.4, -0.2) is 31.9 Å². The van der Waals surface area contributed by atoms with Gasteiger partial charge >= 0.3 is 0 Å². The van der Waals surface area contributed by atoms with Gasteiger partial charge in [-0.2, -0.15) is 0 Å². The van der Waals surface area contributed by atoms with Crippen molar-refractivity contribution in [2.75, 3.05) is 12.4 Å².